The van der Waals surface area contributed by atoms with Crippen molar-refractivity contribution in [1.82, 2.24) is 19.6 Å². The van der Waals surface area contributed by atoms with E-state index in [1.54, 1.807) is 0 Å². The SMILES string of the molecule is [CH2-]CCN(CCCN(C)C)CCN(C)CCCN(C)C.[CH2]=[Fe]. The average Bonchev–Trinajstić information content (AvgIpc) is 2.46. The normalized spacial score (nSPS) is 11.4. The van der Waals surface area contributed by atoms with Crippen molar-refractivity contribution in [2.75, 3.05) is 81.1 Å². The van der Waals surface area contributed by atoms with Crippen molar-refractivity contribution in [3.8, 4) is 0 Å². The molecule has 0 aliphatic heterocycles. The van der Waals surface area contributed by atoms with Crippen molar-refractivity contribution >= 4 is 5.42 Å². The monoisotopic (exact) mass is 355 g/mol. The van der Waals surface area contributed by atoms with Crippen LogP contribution in [0.1, 0.15) is 19.3 Å². The molecule has 0 aromatic heterocycles. The van der Waals surface area contributed by atoms with Gasteiger partial charge in [0.15, 0.2) is 0 Å². The Labute approximate surface area is 148 Å². The van der Waals surface area contributed by atoms with Gasteiger partial charge in [-0.1, -0.05) is 0 Å². The maximum absolute atomic E-state index is 3.99. The van der Waals surface area contributed by atoms with Crippen LogP contribution in [0.25, 0.3) is 0 Å². The molecule has 0 rings (SSSR count). The summed E-state index contributed by atoms with van der Waals surface area (Å²) in [5.41, 5.74) is 3.00. The molecule has 22 heavy (non-hydrogen) atoms. The zero-order valence-electron chi connectivity index (χ0n) is 15.6. The van der Waals surface area contributed by atoms with E-state index in [0.29, 0.717) is 0 Å². The van der Waals surface area contributed by atoms with Crippen LogP contribution < -0.4 is 0 Å². The Kier molecular flexibility index (Phi) is 19.6. The van der Waals surface area contributed by atoms with Crippen LogP contribution in [0.15, 0.2) is 0 Å². The minimum atomic E-state index is 1.01. The molecule has 0 radical (unpaired) electrons. The van der Waals surface area contributed by atoms with Crippen molar-refractivity contribution in [2.45, 2.75) is 19.3 Å². The first-order valence-corrected chi connectivity index (χ1v) is 8.98. The second kappa shape index (κ2) is 17.6. The standard InChI is InChI=1S/C16H37N4.CH2.Fe/c1-7-10-20(14-9-12-18(4)5)16-15-19(6)13-8-11-17(2)3;;/h1,7-16H2,2-6H3;1H2;/q-1;;. The van der Waals surface area contributed by atoms with E-state index in [0.717, 1.165) is 19.5 Å². The molecule has 0 saturated carbocycles. The molecule has 0 aliphatic rings. The van der Waals surface area contributed by atoms with Crippen molar-refractivity contribution in [2.24, 2.45) is 0 Å². The summed E-state index contributed by atoms with van der Waals surface area (Å²) in [7, 11) is 10.8. The molecule has 0 heterocycles. The van der Waals surface area contributed by atoms with Gasteiger partial charge in [-0.25, -0.2) is 0 Å². The molecule has 0 amide bonds. The predicted octanol–water partition coefficient (Wildman–Crippen LogP) is 1.31. The van der Waals surface area contributed by atoms with Gasteiger partial charge >= 0.3 is 21.0 Å². The predicted molar refractivity (Wildman–Crippen MR) is 97.4 cm³/mol. The first kappa shape index (κ1) is 24.5. The van der Waals surface area contributed by atoms with E-state index in [1.165, 1.54) is 45.6 Å². The van der Waals surface area contributed by atoms with Crippen LogP contribution in [0, 0.1) is 6.92 Å². The van der Waals surface area contributed by atoms with Crippen LogP contribution in [0.4, 0.5) is 0 Å². The van der Waals surface area contributed by atoms with Gasteiger partial charge in [0.05, 0.1) is 0 Å². The topological polar surface area (TPSA) is 13.0 Å². The summed E-state index contributed by atoms with van der Waals surface area (Å²) >= 11 is 3.00. The van der Waals surface area contributed by atoms with E-state index < -0.39 is 0 Å². The molecule has 0 bridgehead atoms. The molecule has 0 N–H and O–H groups in total. The number of hydrogen-bond acceptors (Lipinski definition) is 4. The molecule has 5 heteroatoms. The Morgan fingerprint density at radius 1 is 0.682 bits per heavy atom. The quantitative estimate of drug-likeness (QED) is 0.365. The van der Waals surface area contributed by atoms with Crippen LogP contribution in [0.3, 0.4) is 0 Å². The minimum absolute atomic E-state index is 1.01. The molecule has 0 unspecified atom stereocenters. The number of rotatable bonds is 13. The summed E-state index contributed by atoms with van der Waals surface area (Å²) in [6.07, 6.45) is 3.50. The van der Waals surface area contributed by atoms with E-state index >= 15 is 0 Å². The third kappa shape index (κ3) is 18.3. The van der Waals surface area contributed by atoms with Crippen LogP contribution in [-0.2, 0) is 15.6 Å². The third-order valence-electron chi connectivity index (χ3n) is 3.50. The van der Waals surface area contributed by atoms with E-state index in [4.69, 9.17) is 0 Å². The van der Waals surface area contributed by atoms with E-state index in [9.17, 15) is 0 Å². The van der Waals surface area contributed by atoms with Crippen molar-refractivity contribution < 1.29 is 15.6 Å². The second-order valence-electron chi connectivity index (χ2n) is 6.31. The van der Waals surface area contributed by atoms with Gasteiger partial charge < -0.3 is 26.5 Å². The average molecular weight is 355 g/mol. The first-order chi connectivity index (χ1) is 10.5. The third-order valence-corrected chi connectivity index (χ3v) is 3.50. The summed E-state index contributed by atoms with van der Waals surface area (Å²) in [5, 5.41) is 0. The van der Waals surface area contributed by atoms with Gasteiger partial charge in [0, 0.05) is 13.1 Å². The molecule has 0 aromatic carbocycles. The molecule has 0 saturated heterocycles. The van der Waals surface area contributed by atoms with Crippen molar-refractivity contribution in [1.29, 1.82) is 0 Å². The molecular weight excluding hydrogens is 316 g/mol. The van der Waals surface area contributed by atoms with Gasteiger partial charge in [-0.2, -0.15) is 6.42 Å². The summed E-state index contributed by atoms with van der Waals surface area (Å²) in [6, 6.07) is 0. The Hall–Kier alpha value is 0.229. The fourth-order valence-corrected chi connectivity index (χ4v) is 2.25. The fraction of sp³-hybridized carbons (Fsp3) is 0.882. The van der Waals surface area contributed by atoms with Gasteiger partial charge in [-0.05, 0) is 80.8 Å². The van der Waals surface area contributed by atoms with Crippen LogP contribution >= 0.6 is 0 Å². The van der Waals surface area contributed by atoms with Gasteiger partial charge in [-0.15, -0.1) is 0 Å². The van der Waals surface area contributed by atoms with Crippen LogP contribution in [-0.4, -0.2) is 106 Å². The molecule has 0 spiro atoms. The van der Waals surface area contributed by atoms with E-state index in [1.807, 2.05) is 0 Å². The van der Waals surface area contributed by atoms with Gasteiger partial charge in [-0.3, -0.25) is 0 Å². The Balaban J connectivity index is 0. The molecule has 0 aromatic rings. The molecular formula is C17H39FeN4-. The fourth-order valence-electron chi connectivity index (χ4n) is 2.25. The maximum atomic E-state index is 3.99. The number of nitrogens with zero attached hydrogens (tertiary/aromatic N) is 4. The van der Waals surface area contributed by atoms with E-state index in [-0.39, 0.29) is 0 Å². The molecule has 0 atom stereocenters. The summed E-state index contributed by atoms with van der Waals surface area (Å²) in [5.74, 6) is 0. The summed E-state index contributed by atoms with van der Waals surface area (Å²) in [4.78, 5) is 9.52. The summed E-state index contributed by atoms with van der Waals surface area (Å²) in [6.45, 7) is 12.2. The first-order valence-electron chi connectivity index (χ1n) is 8.20. The van der Waals surface area contributed by atoms with Gasteiger partial charge in [0.2, 0.25) is 0 Å². The molecule has 0 aliphatic carbocycles. The molecule has 4 nitrogen and oxygen atoms in total. The van der Waals surface area contributed by atoms with E-state index in [2.05, 4.69) is 82.8 Å². The Morgan fingerprint density at radius 3 is 1.64 bits per heavy atom. The van der Waals surface area contributed by atoms with Crippen LogP contribution in [0.2, 0.25) is 0 Å². The molecule has 136 valence electrons. The van der Waals surface area contributed by atoms with Gasteiger partial charge in [0.1, 0.15) is 0 Å². The number of likely N-dealkylation sites (N-methyl/N-ethyl adjacent to an activating group) is 1. The van der Waals surface area contributed by atoms with Crippen molar-refractivity contribution in [3.63, 3.8) is 0 Å². The van der Waals surface area contributed by atoms with Crippen molar-refractivity contribution in [3.05, 3.63) is 6.92 Å². The molecule has 0 fully saturated rings. The zero-order valence-corrected chi connectivity index (χ0v) is 16.7. The second-order valence-corrected chi connectivity index (χ2v) is 6.31. The Bertz CT molecular complexity index is 225. The van der Waals surface area contributed by atoms with Crippen LogP contribution in [0.5, 0.6) is 0 Å². The zero-order chi connectivity index (χ0) is 17.4. The Morgan fingerprint density at radius 2 is 1.18 bits per heavy atom. The summed E-state index contributed by atoms with van der Waals surface area (Å²) < 4.78 is 0. The number of hydrogen-bond donors (Lipinski definition) is 0. The van der Waals surface area contributed by atoms with Gasteiger partial charge in [0.25, 0.3) is 0 Å².